The molecule has 162 valence electrons. The number of carbonyl (C=O) groups excluding carboxylic acids is 2. The Kier molecular flexibility index (Phi) is 6.69. The summed E-state index contributed by atoms with van der Waals surface area (Å²) in [6.45, 7) is 8.62. The number of hydrogen-bond donors (Lipinski definition) is 1. The second-order valence-electron chi connectivity index (χ2n) is 9.05. The Labute approximate surface area is 179 Å². The smallest absolute Gasteiger partial charge is 0.336 e. The minimum atomic E-state index is -0.422. The van der Waals surface area contributed by atoms with Gasteiger partial charge in [0.05, 0.1) is 19.3 Å². The van der Waals surface area contributed by atoms with Crippen LogP contribution in [0.1, 0.15) is 71.3 Å². The minimum Gasteiger partial charge on any atom is -0.497 e. The number of ether oxygens (including phenoxy) is 2. The quantitative estimate of drug-likeness (QED) is 0.503. The summed E-state index contributed by atoms with van der Waals surface area (Å²) in [7, 11) is 1.62. The highest BCUT2D eigenvalue weighted by Gasteiger charge is 2.43. The maximum absolute atomic E-state index is 13.2. The van der Waals surface area contributed by atoms with E-state index in [2.05, 4.69) is 26.1 Å². The number of ketones is 1. The zero-order chi connectivity index (χ0) is 21.9. The fourth-order valence-corrected chi connectivity index (χ4v) is 4.43. The van der Waals surface area contributed by atoms with Crippen molar-refractivity contribution in [1.29, 1.82) is 0 Å². The van der Waals surface area contributed by atoms with Gasteiger partial charge < -0.3 is 14.8 Å². The Morgan fingerprint density at radius 3 is 2.50 bits per heavy atom. The van der Waals surface area contributed by atoms with Crippen LogP contribution in [0, 0.1) is 5.41 Å². The van der Waals surface area contributed by atoms with E-state index in [4.69, 9.17) is 9.47 Å². The molecule has 0 amide bonds. The van der Waals surface area contributed by atoms with Gasteiger partial charge in [0, 0.05) is 29.3 Å². The Balaban J connectivity index is 2.02. The van der Waals surface area contributed by atoms with Crippen molar-refractivity contribution in [2.75, 3.05) is 13.7 Å². The number of hydrogen-bond acceptors (Lipinski definition) is 5. The number of nitrogens with one attached hydrogen (secondary N) is 1. The van der Waals surface area contributed by atoms with Crippen LogP contribution in [0.5, 0.6) is 5.75 Å². The monoisotopic (exact) mass is 411 g/mol. The molecule has 1 aromatic rings. The summed E-state index contributed by atoms with van der Waals surface area (Å²) in [6, 6.07) is 7.61. The highest BCUT2D eigenvalue weighted by Crippen LogP contribution is 2.46. The van der Waals surface area contributed by atoms with E-state index in [-0.39, 0.29) is 17.2 Å². The van der Waals surface area contributed by atoms with Crippen LogP contribution in [-0.2, 0) is 14.3 Å². The fraction of sp³-hybridized carbons (Fsp3) is 0.520. The topological polar surface area (TPSA) is 64.6 Å². The second-order valence-corrected chi connectivity index (χ2v) is 9.05. The lowest BCUT2D eigenvalue weighted by atomic mass is 9.68. The Bertz CT molecular complexity index is 877. The highest BCUT2D eigenvalue weighted by molar-refractivity contribution is 6.04. The van der Waals surface area contributed by atoms with Gasteiger partial charge >= 0.3 is 5.97 Å². The number of carbonyl (C=O) groups is 2. The Morgan fingerprint density at radius 2 is 1.87 bits per heavy atom. The molecule has 0 saturated carbocycles. The number of rotatable bonds is 7. The highest BCUT2D eigenvalue weighted by atomic mass is 16.5. The normalized spacial score (nSPS) is 20.6. The van der Waals surface area contributed by atoms with E-state index in [1.165, 1.54) is 0 Å². The Morgan fingerprint density at radius 1 is 1.17 bits per heavy atom. The van der Waals surface area contributed by atoms with E-state index in [0.717, 1.165) is 48.4 Å². The number of esters is 1. The first kappa shape index (κ1) is 22.1. The number of allylic oxidation sites excluding steroid dienone is 3. The molecule has 0 saturated heterocycles. The van der Waals surface area contributed by atoms with Crippen molar-refractivity contribution in [3.8, 4) is 5.75 Å². The third-order valence-electron chi connectivity index (χ3n) is 5.89. The van der Waals surface area contributed by atoms with Crippen molar-refractivity contribution in [2.45, 2.75) is 65.7 Å². The van der Waals surface area contributed by atoms with Gasteiger partial charge in [-0.05, 0) is 42.9 Å². The summed E-state index contributed by atoms with van der Waals surface area (Å²) >= 11 is 0. The zero-order valence-electron chi connectivity index (χ0n) is 18.8. The molecule has 0 fully saturated rings. The lowest BCUT2D eigenvalue weighted by Gasteiger charge is -2.39. The van der Waals surface area contributed by atoms with Crippen LogP contribution in [0.15, 0.2) is 46.8 Å². The molecule has 2 aliphatic rings. The van der Waals surface area contributed by atoms with E-state index < -0.39 is 5.92 Å². The average Bonchev–Trinajstić information content (AvgIpc) is 2.69. The van der Waals surface area contributed by atoms with Gasteiger partial charge in [-0.2, -0.15) is 0 Å². The summed E-state index contributed by atoms with van der Waals surface area (Å²) < 4.78 is 10.9. The molecule has 1 aliphatic carbocycles. The van der Waals surface area contributed by atoms with Crippen molar-refractivity contribution in [3.05, 3.63) is 52.4 Å². The van der Waals surface area contributed by atoms with Crippen molar-refractivity contribution in [1.82, 2.24) is 5.32 Å². The lowest BCUT2D eigenvalue weighted by molar-refractivity contribution is -0.139. The predicted octanol–water partition coefficient (Wildman–Crippen LogP) is 5.03. The molecule has 1 N–H and O–H groups in total. The van der Waals surface area contributed by atoms with Crippen LogP contribution in [-0.4, -0.2) is 25.5 Å². The molecule has 0 bridgehead atoms. The van der Waals surface area contributed by atoms with Crippen molar-refractivity contribution < 1.29 is 19.1 Å². The van der Waals surface area contributed by atoms with E-state index in [9.17, 15) is 9.59 Å². The molecule has 0 aromatic heterocycles. The second kappa shape index (κ2) is 9.07. The van der Waals surface area contributed by atoms with E-state index >= 15 is 0 Å². The van der Waals surface area contributed by atoms with Gasteiger partial charge in [-0.25, -0.2) is 4.79 Å². The van der Waals surface area contributed by atoms with E-state index in [0.29, 0.717) is 24.2 Å². The Hall–Kier alpha value is -2.56. The van der Waals surface area contributed by atoms with Gasteiger partial charge in [0.15, 0.2) is 5.78 Å². The van der Waals surface area contributed by atoms with Crippen molar-refractivity contribution in [2.24, 2.45) is 5.41 Å². The number of Topliss-reactive ketones (excluding diaryl/α,β-unsaturated/α-hetero) is 1. The van der Waals surface area contributed by atoms with Crippen LogP contribution in [0.2, 0.25) is 0 Å². The van der Waals surface area contributed by atoms with Crippen LogP contribution in [0.4, 0.5) is 0 Å². The van der Waals surface area contributed by atoms with Crippen molar-refractivity contribution >= 4 is 11.8 Å². The van der Waals surface area contributed by atoms with E-state index in [1.54, 1.807) is 7.11 Å². The van der Waals surface area contributed by atoms with Crippen LogP contribution >= 0.6 is 0 Å². The number of benzene rings is 1. The number of dihydropyridines is 1. The van der Waals surface area contributed by atoms with Gasteiger partial charge in [0.1, 0.15) is 5.75 Å². The van der Waals surface area contributed by atoms with Gasteiger partial charge in [0.25, 0.3) is 0 Å². The summed E-state index contributed by atoms with van der Waals surface area (Å²) in [5.41, 5.74) is 3.72. The summed E-state index contributed by atoms with van der Waals surface area (Å²) in [6.07, 6.45) is 4.18. The first-order valence-corrected chi connectivity index (χ1v) is 10.8. The molecule has 0 spiro atoms. The third kappa shape index (κ3) is 4.61. The van der Waals surface area contributed by atoms with Crippen molar-refractivity contribution in [3.63, 3.8) is 0 Å². The average molecular weight is 412 g/mol. The van der Waals surface area contributed by atoms with Crippen LogP contribution < -0.4 is 10.1 Å². The predicted molar refractivity (Wildman–Crippen MR) is 117 cm³/mol. The minimum absolute atomic E-state index is 0.0957. The van der Waals surface area contributed by atoms with Gasteiger partial charge in [-0.15, -0.1) is 0 Å². The zero-order valence-corrected chi connectivity index (χ0v) is 18.8. The number of unbranched alkanes of at least 4 members (excludes halogenated alkanes) is 2. The van der Waals surface area contributed by atoms with Gasteiger partial charge in [-0.3, -0.25) is 4.79 Å². The molecule has 1 aliphatic heterocycles. The maximum atomic E-state index is 13.2. The largest absolute Gasteiger partial charge is 0.497 e. The van der Waals surface area contributed by atoms with E-state index in [1.807, 2.05) is 31.2 Å². The summed E-state index contributed by atoms with van der Waals surface area (Å²) in [4.78, 5) is 26.3. The van der Waals surface area contributed by atoms with Gasteiger partial charge in [-0.1, -0.05) is 45.7 Å². The first-order chi connectivity index (χ1) is 14.3. The molecule has 1 heterocycles. The molecule has 5 nitrogen and oxygen atoms in total. The SMILES string of the molecule is CCCCCOC(=O)C1=C(C)NC2=C(C(=O)CC(C)(C)C2)C1c1ccc(OC)cc1. The fourth-order valence-electron chi connectivity index (χ4n) is 4.43. The van der Waals surface area contributed by atoms with Gasteiger partial charge in [0.2, 0.25) is 0 Å². The summed E-state index contributed by atoms with van der Waals surface area (Å²) in [5.74, 6) is 0.0660. The summed E-state index contributed by atoms with van der Waals surface area (Å²) in [5, 5.41) is 3.37. The van der Waals surface area contributed by atoms with Crippen LogP contribution in [0.25, 0.3) is 0 Å². The molecule has 3 rings (SSSR count). The first-order valence-electron chi connectivity index (χ1n) is 10.8. The number of methoxy groups -OCH3 is 1. The molecular weight excluding hydrogens is 378 g/mol. The molecule has 1 aromatic carbocycles. The standard InChI is InChI=1S/C25H33NO4/c1-6-7-8-13-30-24(28)21-16(2)26-19-14-25(3,4)15-20(27)23(19)22(21)17-9-11-18(29-5)12-10-17/h9-12,22,26H,6-8,13-15H2,1-5H3. The third-order valence-corrected chi connectivity index (χ3v) is 5.89. The lowest BCUT2D eigenvalue weighted by Crippen LogP contribution is -2.38. The maximum Gasteiger partial charge on any atom is 0.336 e. The molecule has 30 heavy (non-hydrogen) atoms. The molecule has 0 radical (unpaired) electrons. The molecule has 5 heteroatoms. The van der Waals surface area contributed by atoms with Crippen LogP contribution in [0.3, 0.4) is 0 Å². The molecule has 1 unspecified atom stereocenters. The molecular formula is C25H33NO4. The molecule has 1 atom stereocenters.